The summed E-state index contributed by atoms with van der Waals surface area (Å²) in [4.78, 5) is 13.6. The molecule has 0 aliphatic heterocycles. The van der Waals surface area contributed by atoms with E-state index in [0.29, 0.717) is 6.42 Å². The molecule has 1 amide bonds. The molecule has 8 heteroatoms. The zero-order valence-corrected chi connectivity index (χ0v) is 14.0. The van der Waals surface area contributed by atoms with Crippen LogP contribution in [-0.4, -0.2) is 48.3 Å². The summed E-state index contributed by atoms with van der Waals surface area (Å²) in [6.07, 6.45) is -3.49. The van der Waals surface area contributed by atoms with Crippen LogP contribution in [0.5, 0.6) is 5.75 Å². The van der Waals surface area contributed by atoms with Gasteiger partial charge in [-0.25, -0.2) is 0 Å². The quantitative estimate of drug-likeness (QED) is 0.814. The van der Waals surface area contributed by atoms with E-state index in [1.807, 2.05) is 0 Å². The van der Waals surface area contributed by atoms with Crippen molar-refractivity contribution in [2.75, 3.05) is 20.2 Å². The van der Waals surface area contributed by atoms with Crippen LogP contribution in [0.3, 0.4) is 0 Å². The summed E-state index contributed by atoms with van der Waals surface area (Å²) in [5.41, 5.74) is 4.90. The van der Waals surface area contributed by atoms with Gasteiger partial charge in [0.05, 0.1) is 5.56 Å². The van der Waals surface area contributed by atoms with Crippen molar-refractivity contribution in [1.82, 2.24) is 4.90 Å². The zero-order valence-electron chi connectivity index (χ0n) is 14.0. The third-order valence-electron chi connectivity index (χ3n) is 4.31. The van der Waals surface area contributed by atoms with Gasteiger partial charge in [-0.2, -0.15) is 13.2 Å². The summed E-state index contributed by atoms with van der Waals surface area (Å²) in [5, 5.41) is 9.99. The van der Waals surface area contributed by atoms with Crippen molar-refractivity contribution in [1.29, 1.82) is 0 Å². The largest absolute Gasteiger partial charge is 0.490 e. The van der Waals surface area contributed by atoms with Crippen LogP contribution < -0.4 is 10.5 Å². The Morgan fingerprint density at radius 3 is 2.68 bits per heavy atom. The molecule has 1 aliphatic rings. The molecule has 140 valence electrons. The number of benzene rings is 1. The minimum atomic E-state index is -4.53. The number of halogens is 3. The normalized spacial score (nSPS) is 21.8. The molecule has 3 N–H and O–H groups in total. The third kappa shape index (κ3) is 5.34. The second kappa shape index (κ2) is 8.05. The van der Waals surface area contributed by atoms with Crippen LogP contribution in [0.15, 0.2) is 24.3 Å². The van der Waals surface area contributed by atoms with E-state index in [4.69, 9.17) is 10.5 Å². The summed E-state index contributed by atoms with van der Waals surface area (Å²) >= 11 is 0. The molecule has 0 bridgehead atoms. The molecule has 0 heterocycles. The topological polar surface area (TPSA) is 75.8 Å². The summed E-state index contributed by atoms with van der Waals surface area (Å²) in [6, 6.07) is 4.83. The Hall–Kier alpha value is -1.80. The van der Waals surface area contributed by atoms with Crippen molar-refractivity contribution >= 4 is 5.91 Å². The SMILES string of the molecule is CN(CC(O)COc1ccccc1C(F)(F)F)C(=O)C1CCC(N)C1. The zero-order chi connectivity index (χ0) is 18.6. The number of aliphatic hydroxyl groups excluding tert-OH is 1. The predicted octanol–water partition coefficient (Wildman–Crippen LogP) is 2.03. The fourth-order valence-electron chi connectivity index (χ4n) is 3.02. The number of amides is 1. The van der Waals surface area contributed by atoms with E-state index in [-0.39, 0.29) is 36.8 Å². The molecule has 1 fully saturated rings. The number of carbonyl (C=O) groups is 1. The molecule has 3 unspecified atom stereocenters. The summed E-state index contributed by atoms with van der Waals surface area (Å²) in [5.74, 6) is -0.605. The van der Waals surface area contributed by atoms with Crippen LogP contribution in [0.1, 0.15) is 24.8 Å². The first-order valence-corrected chi connectivity index (χ1v) is 8.16. The number of hydrogen-bond acceptors (Lipinski definition) is 4. The van der Waals surface area contributed by atoms with Crippen LogP contribution >= 0.6 is 0 Å². The average molecular weight is 360 g/mol. The smallest absolute Gasteiger partial charge is 0.419 e. The van der Waals surface area contributed by atoms with Gasteiger partial charge >= 0.3 is 6.18 Å². The molecule has 2 rings (SSSR count). The van der Waals surface area contributed by atoms with E-state index in [1.165, 1.54) is 23.1 Å². The molecular weight excluding hydrogens is 337 g/mol. The standard InChI is InChI=1S/C17H23F3N2O3/c1-22(16(24)11-6-7-12(21)8-11)9-13(23)10-25-15-5-3-2-4-14(15)17(18,19)20/h2-5,11-13,23H,6-10,21H2,1H3. The minimum Gasteiger partial charge on any atom is -0.490 e. The van der Waals surface area contributed by atoms with E-state index in [0.717, 1.165) is 18.9 Å². The highest BCUT2D eigenvalue weighted by molar-refractivity contribution is 5.79. The number of carbonyl (C=O) groups excluding carboxylic acids is 1. The molecule has 0 spiro atoms. The molecule has 1 aromatic carbocycles. The van der Waals surface area contributed by atoms with Gasteiger partial charge in [-0.3, -0.25) is 4.79 Å². The van der Waals surface area contributed by atoms with Crippen molar-refractivity contribution in [2.45, 2.75) is 37.6 Å². The van der Waals surface area contributed by atoms with Gasteiger partial charge < -0.3 is 20.5 Å². The van der Waals surface area contributed by atoms with Crippen molar-refractivity contribution < 1.29 is 27.8 Å². The maximum Gasteiger partial charge on any atom is 0.419 e. The predicted molar refractivity (Wildman–Crippen MR) is 85.9 cm³/mol. The Morgan fingerprint density at radius 1 is 1.40 bits per heavy atom. The molecule has 3 atom stereocenters. The maximum absolute atomic E-state index is 12.9. The van der Waals surface area contributed by atoms with E-state index in [2.05, 4.69) is 0 Å². The summed E-state index contributed by atoms with van der Waals surface area (Å²) < 4.78 is 43.8. The molecule has 25 heavy (non-hydrogen) atoms. The summed E-state index contributed by atoms with van der Waals surface area (Å²) in [7, 11) is 1.55. The lowest BCUT2D eigenvalue weighted by atomic mass is 10.1. The van der Waals surface area contributed by atoms with Crippen LogP contribution in [0.4, 0.5) is 13.2 Å². The highest BCUT2D eigenvalue weighted by Crippen LogP contribution is 2.35. The van der Waals surface area contributed by atoms with Crippen molar-refractivity contribution in [2.24, 2.45) is 11.7 Å². The molecule has 1 aliphatic carbocycles. The Balaban J connectivity index is 1.87. The molecule has 1 aromatic rings. The van der Waals surface area contributed by atoms with Gasteiger partial charge in [-0.1, -0.05) is 12.1 Å². The molecule has 0 aromatic heterocycles. The lowest BCUT2D eigenvalue weighted by molar-refractivity contribution is -0.139. The number of nitrogens with zero attached hydrogens (tertiary/aromatic N) is 1. The first-order chi connectivity index (χ1) is 11.7. The average Bonchev–Trinajstić information content (AvgIpc) is 2.98. The van der Waals surface area contributed by atoms with Crippen molar-refractivity contribution in [3.8, 4) is 5.75 Å². The van der Waals surface area contributed by atoms with Gasteiger partial charge in [0.1, 0.15) is 18.5 Å². The van der Waals surface area contributed by atoms with Crippen molar-refractivity contribution in [3.63, 3.8) is 0 Å². The van der Waals surface area contributed by atoms with Crippen molar-refractivity contribution in [3.05, 3.63) is 29.8 Å². The Morgan fingerprint density at radius 2 is 2.08 bits per heavy atom. The molecule has 0 radical (unpaired) electrons. The molecule has 0 saturated heterocycles. The van der Waals surface area contributed by atoms with Gasteiger partial charge in [-0.05, 0) is 31.4 Å². The number of aliphatic hydroxyl groups is 1. The fourth-order valence-corrected chi connectivity index (χ4v) is 3.02. The van der Waals surface area contributed by atoms with Crippen LogP contribution in [0, 0.1) is 5.92 Å². The number of nitrogens with two attached hydrogens (primary N) is 1. The Bertz CT molecular complexity index is 595. The van der Waals surface area contributed by atoms with E-state index < -0.39 is 17.8 Å². The number of rotatable bonds is 6. The number of likely N-dealkylation sites (N-methyl/N-ethyl adjacent to an activating group) is 1. The number of hydrogen-bond donors (Lipinski definition) is 2. The fraction of sp³-hybridized carbons (Fsp3) is 0.588. The first-order valence-electron chi connectivity index (χ1n) is 8.16. The number of ether oxygens (including phenoxy) is 1. The number of alkyl halides is 3. The lowest BCUT2D eigenvalue weighted by Gasteiger charge is -2.24. The van der Waals surface area contributed by atoms with E-state index >= 15 is 0 Å². The van der Waals surface area contributed by atoms with Gasteiger partial charge in [0.25, 0.3) is 0 Å². The van der Waals surface area contributed by atoms with Gasteiger partial charge in [-0.15, -0.1) is 0 Å². The second-order valence-electron chi connectivity index (χ2n) is 6.45. The van der Waals surface area contributed by atoms with E-state index in [9.17, 15) is 23.1 Å². The highest BCUT2D eigenvalue weighted by atomic mass is 19.4. The van der Waals surface area contributed by atoms with Gasteiger partial charge in [0.2, 0.25) is 5.91 Å². The minimum absolute atomic E-state index is 0.0151. The highest BCUT2D eigenvalue weighted by Gasteiger charge is 2.34. The molecular formula is C17H23F3N2O3. The van der Waals surface area contributed by atoms with Gasteiger partial charge in [0, 0.05) is 25.6 Å². The maximum atomic E-state index is 12.9. The first kappa shape index (κ1) is 19.5. The van der Waals surface area contributed by atoms with E-state index in [1.54, 1.807) is 7.05 Å². The second-order valence-corrected chi connectivity index (χ2v) is 6.45. The molecule has 5 nitrogen and oxygen atoms in total. The van der Waals surface area contributed by atoms with Crippen LogP contribution in [0.2, 0.25) is 0 Å². The van der Waals surface area contributed by atoms with Crippen LogP contribution in [-0.2, 0) is 11.0 Å². The lowest BCUT2D eigenvalue weighted by Crippen LogP contribution is -2.40. The third-order valence-corrected chi connectivity index (χ3v) is 4.31. The summed E-state index contributed by atoms with van der Waals surface area (Å²) in [6.45, 7) is -0.354. The molecule has 1 saturated carbocycles. The van der Waals surface area contributed by atoms with Gasteiger partial charge in [0.15, 0.2) is 0 Å². The Kier molecular flexibility index (Phi) is 6.29. The monoisotopic (exact) mass is 360 g/mol. The Labute approximate surface area is 144 Å². The van der Waals surface area contributed by atoms with Crippen LogP contribution in [0.25, 0.3) is 0 Å². The number of para-hydroxylation sites is 1.